The molecule has 3 rings (SSSR count). The Morgan fingerprint density at radius 2 is 1.89 bits per heavy atom. The fraction of sp³-hybridized carbons (Fsp3) is 0.167. The number of hydrogen-bond donors (Lipinski definition) is 0. The summed E-state index contributed by atoms with van der Waals surface area (Å²) in [7, 11) is 0. The molecule has 0 aliphatic carbocycles. The van der Waals surface area contributed by atoms with Gasteiger partial charge in [0.05, 0.1) is 21.7 Å². The van der Waals surface area contributed by atoms with Gasteiger partial charge in [-0.1, -0.05) is 19.1 Å². The molecule has 2 aromatic carbocycles. The molecule has 0 radical (unpaired) electrons. The molecule has 0 amide bonds. The van der Waals surface area contributed by atoms with E-state index in [1.165, 1.54) is 23.1 Å². The lowest BCUT2D eigenvalue weighted by atomic mass is 10.0. The Hall–Kier alpha value is -3.74. The van der Waals surface area contributed by atoms with Gasteiger partial charge in [-0.05, 0) is 23.8 Å². The number of rotatable bonds is 4. The Labute approximate surface area is 156 Å². The highest BCUT2D eigenvalue weighted by Crippen LogP contribution is 2.31. The standard InChI is InChI=1S/C18H12F3N5O2/c1-11(12-2-5-15(6-3-12)26(27)28)17-23-10-25(24-17)16-7-4-14(18(19,20)21)8-13(16)9-22/h2-8,10-11H,1H3. The van der Waals surface area contributed by atoms with Crippen LogP contribution in [0, 0.1) is 21.4 Å². The highest BCUT2D eigenvalue weighted by atomic mass is 19.4. The van der Waals surface area contributed by atoms with Gasteiger partial charge in [0.2, 0.25) is 0 Å². The van der Waals surface area contributed by atoms with Crippen LogP contribution in [0.25, 0.3) is 5.69 Å². The number of nitro benzene ring substituents is 1. The first-order valence-corrected chi connectivity index (χ1v) is 7.98. The zero-order chi connectivity index (χ0) is 20.5. The molecular weight excluding hydrogens is 375 g/mol. The molecule has 0 saturated heterocycles. The maximum atomic E-state index is 12.8. The van der Waals surface area contributed by atoms with Crippen molar-refractivity contribution in [2.75, 3.05) is 0 Å². The largest absolute Gasteiger partial charge is 0.416 e. The SMILES string of the molecule is CC(c1ccc([N+](=O)[O-])cc1)c1ncn(-c2ccc(C(F)(F)F)cc2C#N)n1. The second-order valence-electron chi connectivity index (χ2n) is 5.96. The van der Waals surface area contributed by atoms with Crippen LogP contribution in [0.5, 0.6) is 0 Å². The van der Waals surface area contributed by atoms with Gasteiger partial charge >= 0.3 is 6.18 Å². The zero-order valence-corrected chi connectivity index (χ0v) is 14.4. The summed E-state index contributed by atoms with van der Waals surface area (Å²) in [6, 6.07) is 10.4. The van der Waals surface area contributed by atoms with E-state index in [9.17, 15) is 28.5 Å². The third kappa shape index (κ3) is 3.68. The summed E-state index contributed by atoms with van der Waals surface area (Å²) in [6.07, 6.45) is -3.25. The number of nitriles is 1. The minimum atomic E-state index is -4.55. The van der Waals surface area contributed by atoms with E-state index < -0.39 is 16.7 Å². The topological polar surface area (TPSA) is 97.6 Å². The number of hydrogen-bond acceptors (Lipinski definition) is 5. The van der Waals surface area contributed by atoms with Gasteiger partial charge in [-0.15, -0.1) is 0 Å². The molecule has 3 aromatic rings. The van der Waals surface area contributed by atoms with E-state index in [-0.39, 0.29) is 22.9 Å². The number of aromatic nitrogens is 3. The van der Waals surface area contributed by atoms with Crippen LogP contribution in [0.4, 0.5) is 18.9 Å². The molecule has 142 valence electrons. The number of benzene rings is 2. The van der Waals surface area contributed by atoms with E-state index in [0.717, 1.165) is 23.8 Å². The summed E-state index contributed by atoms with van der Waals surface area (Å²) in [5.74, 6) is 0.0414. The first-order valence-electron chi connectivity index (χ1n) is 7.98. The zero-order valence-electron chi connectivity index (χ0n) is 14.4. The molecule has 10 heteroatoms. The molecule has 0 spiro atoms. The maximum absolute atomic E-state index is 12.8. The average molecular weight is 387 g/mol. The van der Waals surface area contributed by atoms with Crippen LogP contribution in [-0.2, 0) is 6.18 Å². The summed E-state index contributed by atoms with van der Waals surface area (Å²) >= 11 is 0. The lowest BCUT2D eigenvalue weighted by Gasteiger charge is -2.10. The lowest BCUT2D eigenvalue weighted by Crippen LogP contribution is -2.07. The van der Waals surface area contributed by atoms with Gasteiger partial charge in [0.1, 0.15) is 12.4 Å². The molecule has 1 aromatic heterocycles. The van der Waals surface area contributed by atoms with Gasteiger partial charge in [0.15, 0.2) is 5.82 Å². The van der Waals surface area contributed by atoms with Crippen LogP contribution in [-0.4, -0.2) is 19.7 Å². The first-order chi connectivity index (χ1) is 13.2. The Balaban J connectivity index is 1.92. The van der Waals surface area contributed by atoms with E-state index in [4.69, 9.17) is 0 Å². The van der Waals surface area contributed by atoms with Crippen LogP contribution in [0.3, 0.4) is 0 Å². The molecule has 1 atom stereocenters. The van der Waals surface area contributed by atoms with Crippen molar-refractivity contribution in [2.24, 2.45) is 0 Å². The predicted molar refractivity (Wildman–Crippen MR) is 91.7 cm³/mol. The van der Waals surface area contributed by atoms with Crippen LogP contribution in [0.15, 0.2) is 48.8 Å². The quantitative estimate of drug-likeness (QED) is 0.493. The van der Waals surface area contributed by atoms with Crippen molar-refractivity contribution >= 4 is 5.69 Å². The fourth-order valence-electron chi connectivity index (χ4n) is 2.63. The van der Waals surface area contributed by atoms with Crippen molar-refractivity contribution in [1.82, 2.24) is 14.8 Å². The van der Waals surface area contributed by atoms with E-state index in [2.05, 4.69) is 10.1 Å². The number of nitro groups is 1. The summed E-state index contributed by atoms with van der Waals surface area (Å²) in [5, 5.41) is 24.2. The van der Waals surface area contributed by atoms with Gasteiger partial charge in [-0.2, -0.15) is 23.5 Å². The third-order valence-electron chi connectivity index (χ3n) is 4.19. The smallest absolute Gasteiger partial charge is 0.258 e. The van der Waals surface area contributed by atoms with Crippen LogP contribution in [0.1, 0.15) is 35.4 Å². The lowest BCUT2D eigenvalue weighted by molar-refractivity contribution is -0.384. The number of halogens is 3. The minimum Gasteiger partial charge on any atom is -0.258 e. The molecule has 0 saturated carbocycles. The second kappa shape index (κ2) is 7.11. The van der Waals surface area contributed by atoms with Crippen LogP contribution in [0.2, 0.25) is 0 Å². The first kappa shape index (κ1) is 19.0. The molecule has 0 aliphatic heterocycles. The van der Waals surface area contributed by atoms with Crippen LogP contribution < -0.4 is 0 Å². The highest BCUT2D eigenvalue weighted by molar-refractivity contribution is 5.50. The van der Waals surface area contributed by atoms with E-state index in [1.54, 1.807) is 25.1 Å². The minimum absolute atomic E-state index is 0.0437. The Morgan fingerprint density at radius 1 is 1.21 bits per heavy atom. The molecule has 28 heavy (non-hydrogen) atoms. The van der Waals surface area contributed by atoms with E-state index in [0.29, 0.717) is 5.82 Å². The molecule has 1 heterocycles. The molecule has 0 fully saturated rings. The van der Waals surface area contributed by atoms with Crippen LogP contribution >= 0.6 is 0 Å². The molecule has 0 bridgehead atoms. The van der Waals surface area contributed by atoms with Gasteiger partial charge < -0.3 is 0 Å². The fourth-order valence-corrected chi connectivity index (χ4v) is 2.63. The number of alkyl halides is 3. The highest BCUT2D eigenvalue weighted by Gasteiger charge is 2.31. The third-order valence-corrected chi connectivity index (χ3v) is 4.19. The molecular formula is C18H12F3N5O2. The Bertz CT molecular complexity index is 1070. The molecule has 0 N–H and O–H groups in total. The Kier molecular flexibility index (Phi) is 4.83. The summed E-state index contributed by atoms with van der Waals surface area (Å²) in [4.78, 5) is 14.4. The normalized spacial score (nSPS) is 12.4. The van der Waals surface area contributed by atoms with Crippen molar-refractivity contribution < 1.29 is 18.1 Å². The monoisotopic (exact) mass is 387 g/mol. The van der Waals surface area contributed by atoms with Crippen molar-refractivity contribution in [2.45, 2.75) is 19.0 Å². The van der Waals surface area contributed by atoms with E-state index in [1.807, 2.05) is 0 Å². The average Bonchev–Trinajstić information content (AvgIpc) is 3.16. The van der Waals surface area contributed by atoms with Gasteiger partial charge in [0.25, 0.3) is 5.69 Å². The predicted octanol–water partition coefficient (Wildman–Crippen LogP) is 4.22. The second-order valence-corrected chi connectivity index (χ2v) is 5.96. The maximum Gasteiger partial charge on any atom is 0.416 e. The van der Waals surface area contributed by atoms with Crippen molar-refractivity contribution in [3.05, 3.63) is 81.4 Å². The summed E-state index contributed by atoms with van der Waals surface area (Å²) in [5.41, 5.74) is -0.249. The summed E-state index contributed by atoms with van der Waals surface area (Å²) < 4.78 is 39.7. The van der Waals surface area contributed by atoms with Gasteiger partial charge in [-0.3, -0.25) is 10.1 Å². The summed E-state index contributed by atoms with van der Waals surface area (Å²) in [6.45, 7) is 1.79. The molecule has 1 unspecified atom stereocenters. The van der Waals surface area contributed by atoms with Gasteiger partial charge in [0, 0.05) is 18.1 Å². The van der Waals surface area contributed by atoms with Crippen molar-refractivity contribution in [1.29, 1.82) is 5.26 Å². The van der Waals surface area contributed by atoms with Gasteiger partial charge in [-0.25, -0.2) is 9.67 Å². The number of non-ortho nitro benzene ring substituents is 1. The van der Waals surface area contributed by atoms with E-state index >= 15 is 0 Å². The molecule has 0 aliphatic rings. The molecule has 7 nitrogen and oxygen atoms in total. The number of nitrogens with zero attached hydrogens (tertiary/aromatic N) is 5. The van der Waals surface area contributed by atoms with Crippen molar-refractivity contribution in [3.63, 3.8) is 0 Å². The van der Waals surface area contributed by atoms with Crippen molar-refractivity contribution in [3.8, 4) is 11.8 Å². The Morgan fingerprint density at radius 3 is 2.46 bits per heavy atom.